The van der Waals surface area contributed by atoms with Crippen LogP contribution in [0, 0.1) is 0 Å². The van der Waals surface area contributed by atoms with Crippen molar-refractivity contribution in [3.05, 3.63) is 48.1 Å². The Morgan fingerprint density at radius 1 is 1.44 bits per heavy atom. The molecule has 2 nitrogen and oxygen atoms in total. The standard InChI is InChI=1S/C15H19NOS/c1-6-12(7-2)13-9-8-10-14(18(5)17)15(13)11(3)16-4/h6-10H,1H2,2-5H3/b12-7+,16-11?. The molecule has 0 N–H and O–H groups in total. The topological polar surface area (TPSA) is 29.4 Å². The number of nitrogens with zero attached hydrogens (tertiary/aromatic N) is 1. The zero-order valence-corrected chi connectivity index (χ0v) is 12.2. The minimum atomic E-state index is -1.04. The van der Waals surface area contributed by atoms with Gasteiger partial charge in [0.25, 0.3) is 0 Å². The molecule has 0 amide bonds. The number of aliphatic imine (C=N–C) groups is 1. The lowest BCUT2D eigenvalue weighted by Crippen LogP contribution is -2.06. The van der Waals surface area contributed by atoms with Gasteiger partial charge in [-0.1, -0.05) is 30.9 Å². The quantitative estimate of drug-likeness (QED) is 0.603. The minimum Gasteiger partial charge on any atom is -0.293 e. The normalized spacial score (nSPS) is 14.4. The third-order valence-corrected chi connectivity index (χ3v) is 3.83. The lowest BCUT2D eigenvalue weighted by Gasteiger charge is -2.14. The maximum absolute atomic E-state index is 11.8. The van der Waals surface area contributed by atoms with E-state index < -0.39 is 10.8 Å². The van der Waals surface area contributed by atoms with Gasteiger partial charge in [-0.15, -0.1) is 0 Å². The smallest absolute Gasteiger partial charge is 0.0505 e. The molecule has 0 spiro atoms. The fourth-order valence-electron chi connectivity index (χ4n) is 1.88. The molecular weight excluding hydrogens is 242 g/mol. The molecule has 1 unspecified atom stereocenters. The Morgan fingerprint density at radius 2 is 2.11 bits per heavy atom. The summed E-state index contributed by atoms with van der Waals surface area (Å²) in [5.41, 5.74) is 3.90. The second-order valence-electron chi connectivity index (χ2n) is 3.89. The van der Waals surface area contributed by atoms with Crippen LogP contribution >= 0.6 is 0 Å². The van der Waals surface area contributed by atoms with E-state index in [0.29, 0.717) is 0 Å². The molecule has 0 saturated heterocycles. The molecule has 1 aromatic carbocycles. The summed E-state index contributed by atoms with van der Waals surface area (Å²) in [5, 5.41) is 0. The van der Waals surface area contributed by atoms with E-state index >= 15 is 0 Å². The predicted molar refractivity (Wildman–Crippen MR) is 80.8 cm³/mol. The van der Waals surface area contributed by atoms with Gasteiger partial charge in [0, 0.05) is 29.5 Å². The van der Waals surface area contributed by atoms with Crippen LogP contribution in [-0.2, 0) is 10.8 Å². The minimum absolute atomic E-state index is 0.816. The first-order valence-electron chi connectivity index (χ1n) is 5.76. The number of allylic oxidation sites excluding steroid dienone is 3. The third kappa shape index (κ3) is 2.85. The average molecular weight is 261 g/mol. The lowest BCUT2D eigenvalue weighted by atomic mass is 9.96. The molecule has 0 fully saturated rings. The second kappa shape index (κ2) is 6.45. The van der Waals surface area contributed by atoms with Crippen molar-refractivity contribution < 1.29 is 4.21 Å². The highest BCUT2D eigenvalue weighted by molar-refractivity contribution is 7.84. The first-order chi connectivity index (χ1) is 8.56. The van der Waals surface area contributed by atoms with Crippen molar-refractivity contribution in [3.63, 3.8) is 0 Å². The van der Waals surface area contributed by atoms with Crippen LogP contribution < -0.4 is 0 Å². The van der Waals surface area contributed by atoms with E-state index in [1.165, 1.54) is 0 Å². The van der Waals surface area contributed by atoms with Crippen molar-refractivity contribution >= 4 is 22.1 Å². The van der Waals surface area contributed by atoms with Crippen molar-refractivity contribution in [1.29, 1.82) is 0 Å². The van der Waals surface area contributed by atoms with Gasteiger partial charge in [0.05, 0.1) is 10.8 Å². The highest BCUT2D eigenvalue weighted by atomic mass is 32.2. The Hall–Kier alpha value is -1.48. The van der Waals surface area contributed by atoms with E-state index in [2.05, 4.69) is 11.6 Å². The molecule has 96 valence electrons. The average Bonchev–Trinajstić information content (AvgIpc) is 2.38. The van der Waals surface area contributed by atoms with Crippen LogP contribution in [0.3, 0.4) is 0 Å². The van der Waals surface area contributed by atoms with Gasteiger partial charge < -0.3 is 0 Å². The van der Waals surface area contributed by atoms with Crippen molar-refractivity contribution in [3.8, 4) is 0 Å². The van der Waals surface area contributed by atoms with Crippen LogP contribution in [0.4, 0.5) is 0 Å². The molecule has 3 heteroatoms. The van der Waals surface area contributed by atoms with Crippen molar-refractivity contribution in [1.82, 2.24) is 0 Å². The number of hydrogen-bond donors (Lipinski definition) is 0. The number of hydrogen-bond acceptors (Lipinski definition) is 2. The van der Waals surface area contributed by atoms with Crippen molar-refractivity contribution in [2.45, 2.75) is 18.7 Å². The van der Waals surface area contributed by atoms with Gasteiger partial charge in [-0.2, -0.15) is 0 Å². The summed E-state index contributed by atoms with van der Waals surface area (Å²) < 4.78 is 11.8. The molecule has 0 aliphatic rings. The SMILES string of the molecule is C=C/C(=C\C)c1cccc(S(C)=O)c1C(C)=NC. The van der Waals surface area contributed by atoms with Gasteiger partial charge in [-0.25, -0.2) is 0 Å². The molecule has 0 aromatic heterocycles. The van der Waals surface area contributed by atoms with Gasteiger partial charge in [0.1, 0.15) is 0 Å². The first-order valence-corrected chi connectivity index (χ1v) is 7.31. The Kier molecular flexibility index (Phi) is 5.23. The highest BCUT2D eigenvalue weighted by Gasteiger charge is 2.14. The third-order valence-electron chi connectivity index (χ3n) is 2.88. The zero-order chi connectivity index (χ0) is 13.7. The predicted octanol–water partition coefficient (Wildman–Crippen LogP) is 3.45. The summed E-state index contributed by atoms with van der Waals surface area (Å²) in [6.07, 6.45) is 5.50. The van der Waals surface area contributed by atoms with Crippen LogP contribution in [0.25, 0.3) is 5.57 Å². The monoisotopic (exact) mass is 261 g/mol. The lowest BCUT2D eigenvalue weighted by molar-refractivity contribution is 0.686. The van der Waals surface area contributed by atoms with Gasteiger partial charge in [-0.05, 0) is 31.1 Å². The molecule has 0 aliphatic carbocycles. The molecule has 18 heavy (non-hydrogen) atoms. The Balaban J connectivity index is 3.67. The van der Waals surface area contributed by atoms with Gasteiger partial charge in [-0.3, -0.25) is 9.20 Å². The maximum atomic E-state index is 11.8. The fourth-order valence-corrected chi connectivity index (χ4v) is 2.69. The molecule has 0 heterocycles. The van der Waals surface area contributed by atoms with E-state index in [1.807, 2.05) is 44.2 Å². The number of rotatable bonds is 4. The van der Waals surface area contributed by atoms with E-state index in [0.717, 1.165) is 27.3 Å². The number of benzene rings is 1. The summed E-state index contributed by atoms with van der Waals surface area (Å²) in [7, 11) is 0.712. The van der Waals surface area contributed by atoms with Crippen molar-refractivity contribution in [2.24, 2.45) is 4.99 Å². The summed E-state index contributed by atoms with van der Waals surface area (Å²) in [6.45, 7) is 7.73. The summed E-state index contributed by atoms with van der Waals surface area (Å²) in [5.74, 6) is 0. The highest BCUT2D eigenvalue weighted by Crippen LogP contribution is 2.26. The van der Waals surface area contributed by atoms with Crippen LogP contribution in [0.15, 0.2) is 46.8 Å². The van der Waals surface area contributed by atoms with E-state index in [9.17, 15) is 4.21 Å². The van der Waals surface area contributed by atoms with E-state index in [4.69, 9.17) is 0 Å². The summed E-state index contributed by atoms with van der Waals surface area (Å²) in [6, 6.07) is 5.82. The Morgan fingerprint density at radius 3 is 2.56 bits per heavy atom. The van der Waals surface area contributed by atoms with Crippen molar-refractivity contribution in [2.75, 3.05) is 13.3 Å². The van der Waals surface area contributed by atoms with Crippen LogP contribution in [0.1, 0.15) is 25.0 Å². The molecule has 0 saturated carbocycles. The van der Waals surface area contributed by atoms with Gasteiger partial charge in [0.2, 0.25) is 0 Å². The molecule has 1 aromatic rings. The van der Waals surface area contributed by atoms with Crippen LogP contribution in [0.5, 0.6) is 0 Å². The summed E-state index contributed by atoms with van der Waals surface area (Å²) >= 11 is 0. The Bertz CT molecular complexity index is 541. The van der Waals surface area contributed by atoms with E-state index in [-0.39, 0.29) is 0 Å². The maximum Gasteiger partial charge on any atom is 0.0505 e. The molecule has 1 atom stereocenters. The molecule has 0 bridgehead atoms. The largest absolute Gasteiger partial charge is 0.293 e. The molecular formula is C15H19NOS. The first kappa shape index (κ1) is 14.6. The van der Waals surface area contributed by atoms with Crippen LogP contribution in [-0.4, -0.2) is 23.2 Å². The second-order valence-corrected chi connectivity index (χ2v) is 5.24. The fraction of sp³-hybridized carbons (Fsp3) is 0.267. The Labute approximate surface area is 112 Å². The molecule has 0 radical (unpaired) electrons. The van der Waals surface area contributed by atoms with Gasteiger partial charge >= 0.3 is 0 Å². The van der Waals surface area contributed by atoms with E-state index in [1.54, 1.807) is 13.3 Å². The summed E-state index contributed by atoms with van der Waals surface area (Å²) in [4.78, 5) is 5.05. The van der Waals surface area contributed by atoms with Gasteiger partial charge in [0.15, 0.2) is 0 Å². The molecule has 1 rings (SSSR count). The molecule has 0 aliphatic heterocycles. The zero-order valence-electron chi connectivity index (χ0n) is 11.4. The van der Waals surface area contributed by atoms with Crippen LogP contribution in [0.2, 0.25) is 0 Å².